The maximum atomic E-state index is 11.1. The summed E-state index contributed by atoms with van der Waals surface area (Å²) in [6.45, 7) is 5.47. The Labute approximate surface area is 108 Å². The van der Waals surface area contributed by atoms with E-state index < -0.39 is 0 Å². The fourth-order valence-electron chi connectivity index (χ4n) is 1.81. The first-order valence-corrected chi connectivity index (χ1v) is 6.27. The second-order valence-electron chi connectivity index (χ2n) is 4.42. The van der Waals surface area contributed by atoms with E-state index in [4.69, 9.17) is 11.5 Å². The Morgan fingerprint density at radius 2 is 2.17 bits per heavy atom. The number of nitrogens with two attached hydrogens (primary N) is 2. The van der Waals surface area contributed by atoms with Crippen LogP contribution in [0.4, 0.5) is 5.82 Å². The van der Waals surface area contributed by atoms with E-state index in [2.05, 4.69) is 11.9 Å². The van der Waals surface area contributed by atoms with Gasteiger partial charge in [-0.05, 0) is 31.0 Å². The van der Waals surface area contributed by atoms with Gasteiger partial charge in [0.2, 0.25) is 5.91 Å². The van der Waals surface area contributed by atoms with Crippen LogP contribution in [0.15, 0.2) is 12.1 Å². The van der Waals surface area contributed by atoms with Crippen molar-refractivity contribution >= 4 is 11.7 Å². The maximum absolute atomic E-state index is 11.1. The molecule has 5 heteroatoms. The molecule has 0 aliphatic heterocycles. The molecule has 4 N–H and O–H groups in total. The molecule has 1 amide bonds. The van der Waals surface area contributed by atoms with Crippen LogP contribution >= 0.6 is 0 Å². The quantitative estimate of drug-likeness (QED) is 0.754. The minimum Gasteiger partial charge on any atom is -0.368 e. The third-order valence-electron chi connectivity index (χ3n) is 2.69. The van der Waals surface area contributed by atoms with Crippen LogP contribution in [0.5, 0.6) is 0 Å². The predicted molar refractivity (Wildman–Crippen MR) is 73.2 cm³/mol. The highest BCUT2D eigenvalue weighted by molar-refractivity contribution is 5.79. The molecule has 0 bridgehead atoms. The van der Waals surface area contributed by atoms with Gasteiger partial charge in [-0.1, -0.05) is 13.3 Å². The number of unbranched alkanes of at least 4 members (excludes halogenated alkanes) is 1. The number of primary amides is 1. The maximum Gasteiger partial charge on any atom is 0.236 e. The number of aromatic nitrogens is 1. The van der Waals surface area contributed by atoms with E-state index >= 15 is 0 Å². The van der Waals surface area contributed by atoms with Crippen molar-refractivity contribution < 1.29 is 4.79 Å². The van der Waals surface area contributed by atoms with Crippen molar-refractivity contribution in [2.45, 2.75) is 33.2 Å². The molecule has 1 aromatic rings. The first-order valence-electron chi connectivity index (χ1n) is 6.27. The van der Waals surface area contributed by atoms with Crippen LogP contribution in [-0.2, 0) is 11.3 Å². The van der Waals surface area contributed by atoms with Gasteiger partial charge < -0.3 is 16.4 Å². The summed E-state index contributed by atoms with van der Waals surface area (Å²) in [7, 11) is 0. The topological polar surface area (TPSA) is 85.2 Å². The zero-order chi connectivity index (χ0) is 13.5. The lowest BCUT2D eigenvalue weighted by Crippen LogP contribution is -2.35. The summed E-state index contributed by atoms with van der Waals surface area (Å²) in [5.41, 5.74) is 12.8. The van der Waals surface area contributed by atoms with Crippen LogP contribution in [0.2, 0.25) is 0 Å². The van der Waals surface area contributed by atoms with Crippen LogP contribution in [0.1, 0.15) is 31.0 Å². The van der Waals surface area contributed by atoms with E-state index in [-0.39, 0.29) is 12.5 Å². The van der Waals surface area contributed by atoms with Crippen molar-refractivity contribution in [2.75, 3.05) is 18.0 Å². The van der Waals surface area contributed by atoms with Gasteiger partial charge in [0.05, 0.1) is 6.54 Å². The van der Waals surface area contributed by atoms with E-state index in [0.29, 0.717) is 6.54 Å². The molecular weight excluding hydrogens is 228 g/mol. The molecule has 0 aliphatic rings. The highest BCUT2D eigenvalue weighted by atomic mass is 16.1. The molecule has 1 aromatic heterocycles. The summed E-state index contributed by atoms with van der Waals surface area (Å²) < 4.78 is 0. The summed E-state index contributed by atoms with van der Waals surface area (Å²) in [5.74, 6) is 0.436. The molecule has 5 nitrogen and oxygen atoms in total. The Kier molecular flexibility index (Phi) is 5.58. The van der Waals surface area contributed by atoms with E-state index in [1.165, 1.54) is 0 Å². The van der Waals surface area contributed by atoms with E-state index in [1.807, 2.05) is 24.0 Å². The smallest absolute Gasteiger partial charge is 0.236 e. The van der Waals surface area contributed by atoms with Gasteiger partial charge in [-0.15, -0.1) is 0 Å². The number of amides is 1. The number of pyridine rings is 1. The van der Waals surface area contributed by atoms with Gasteiger partial charge in [0.1, 0.15) is 5.82 Å². The number of carbonyl (C=O) groups excluding carboxylic acids is 1. The third-order valence-corrected chi connectivity index (χ3v) is 2.69. The minimum absolute atomic E-state index is 0.195. The van der Waals surface area contributed by atoms with Crippen LogP contribution in [-0.4, -0.2) is 24.0 Å². The summed E-state index contributed by atoms with van der Waals surface area (Å²) in [6.07, 6.45) is 2.06. The Bertz CT molecular complexity index is 406. The number of hydrogen-bond acceptors (Lipinski definition) is 4. The van der Waals surface area contributed by atoms with Gasteiger partial charge in [0.15, 0.2) is 0 Å². The molecule has 100 valence electrons. The van der Waals surface area contributed by atoms with Crippen molar-refractivity contribution in [1.82, 2.24) is 4.98 Å². The number of nitrogens with zero attached hydrogens (tertiary/aromatic N) is 2. The normalized spacial score (nSPS) is 10.4. The molecule has 1 rings (SSSR count). The van der Waals surface area contributed by atoms with Crippen LogP contribution in [0.25, 0.3) is 0 Å². The number of aryl methyl sites for hydroxylation is 1. The fraction of sp³-hybridized carbons (Fsp3) is 0.538. The highest BCUT2D eigenvalue weighted by Crippen LogP contribution is 2.15. The average Bonchev–Trinajstić information content (AvgIpc) is 2.33. The summed E-state index contributed by atoms with van der Waals surface area (Å²) in [5, 5.41) is 0. The zero-order valence-corrected chi connectivity index (χ0v) is 11.1. The van der Waals surface area contributed by atoms with Gasteiger partial charge in [-0.25, -0.2) is 4.98 Å². The van der Waals surface area contributed by atoms with Gasteiger partial charge in [0, 0.05) is 18.8 Å². The average molecular weight is 250 g/mol. The Hall–Kier alpha value is -1.62. The molecule has 0 aromatic carbocycles. The molecule has 0 spiro atoms. The van der Waals surface area contributed by atoms with Crippen molar-refractivity contribution in [2.24, 2.45) is 11.5 Å². The molecule has 0 fully saturated rings. The highest BCUT2D eigenvalue weighted by Gasteiger charge is 2.11. The lowest BCUT2D eigenvalue weighted by molar-refractivity contribution is -0.116. The number of anilines is 1. The Morgan fingerprint density at radius 3 is 2.72 bits per heavy atom. The molecular formula is C13H22N4O. The second-order valence-corrected chi connectivity index (χ2v) is 4.42. The van der Waals surface area contributed by atoms with Gasteiger partial charge >= 0.3 is 0 Å². The lowest BCUT2D eigenvalue weighted by Gasteiger charge is -2.23. The molecule has 0 aliphatic carbocycles. The number of rotatable bonds is 7. The summed E-state index contributed by atoms with van der Waals surface area (Å²) in [6, 6.07) is 3.87. The minimum atomic E-state index is -0.344. The molecule has 1 heterocycles. The Balaban J connectivity index is 2.95. The monoisotopic (exact) mass is 250 g/mol. The third kappa shape index (κ3) is 4.33. The molecule has 0 unspecified atom stereocenters. The molecule has 0 atom stereocenters. The summed E-state index contributed by atoms with van der Waals surface area (Å²) in [4.78, 5) is 17.5. The standard InChI is InChI=1S/C13H22N4O/c1-3-4-5-17(9-12(15)18)13-7-11(8-14)6-10(2)16-13/h6-7H,3-5,8-9,14H2,1-2H3,(H2,15,18). The SMILES string of the molecule is CCCCN(CC(N)=O)c1cc(CN)cc(C)n1. The van der Waals surface area contributed by atoms with Crippen molar-refractivity contribution in [3.63, 3.8) is 0 Å². The number of carbonyl (C=O) groups is 1. The van der Waals surface area contributed by atoms with Crippen molar-refractivity contribution in [3.05, 3.63) is 23.4 Å². The molecule has 0 saturated heterocycles. The van der Waals surface area contributed by atoms with Gasteiger partial charge in [0.25, 0.3) is 0 Å². The van der Waals surface area contributed by atoms with E-state index in [1.54, 1.807) is 0 Å². The van der Waals surface area contributed by atoms with E-state index in [0.717, 1.165) is 36.5 Å². The lowest BCUT2D eigenvalue weighted by atomic mass is 10.2. The van der Waals surface area contributed by atoms with Crippen molar-refractivity contribution in [1.29, 1.82) is 0 Å². The van der Waals surface area contributed by atoms with Gasteiger partial charge in [-0.2, -0.15) is 0 Å². The van der Waals surface area contributed by atoms with Crippen LogP contribution in [0.3, 0.4) is 0 Å². The second kappa shape index (κ2) is 6.96. The zero-order valence-electron chi connectivity index (χ0n) is 11.1. The van der Waals surface area contributed by atoms with Crippen LogP contribution < -0.4 is 16.4 Å². The first-order chi connectivity index (χ1) is 8.56. The van der Waals surface area contributed by atoms with E-state index in [9.17, 15) is 4.79 Å². The van der Waals surface area contributed by atoms with Crippen molar-refractivity contribution in [3.8, 4) is 0 Å². The molecule has 0 saturated carbocycles. The predicted octanol–water partition coefficient (Wildman–Crippen LogP) is 0.941. The summed E-state index contributed by atoms with van der Waals surface area (Å²) >= 11 is 0. The number of hydrogen-bond donors (Lipinski definition) is 2. The molecule has 18 heavy (non-hydrogen) atoms. The van der Waals surface area contributed by atoms with Gasteiger partial charge in [-0.3, -0.25) is 4.79 Å². The largest absolute Gasteiger partial charge is 0.368 e. The molecule has 0 radical (unpaired) electrons. The first kappa shape index (κ1) is 14.4. The Morgan fingerprint density at radius 1 is 1.44 bits per heavy atom. The fourth-order valence-corrected chi connectivity index (χ4v) is 1.81. The van der Waals surface area contributed by atoms with Crippen LogP contribution in [0, 0.1) is 6.92 Å².